The minimum absolute atomic E-state index is 0.136. The van der Waals surface area contributed by atoms with E-state index in [1.165, 1.54) is 0 Å². The van der Waals surface area contributed by atoms with E-state index in [0.717, 1.165) is 12.8 Å². The summed E-state index contributed by atoms with van der Waals surface area (Å²) >= 11 is 0. The summed E-state index contributed by atoms with van der Waals surface area (Å²) in [6, 6.07) is 0. The summed E-state index contributed by atoms with van der Waals surface area (Å²) in [5.41, 5.74) is -0.676. The average Bonchev–Trinajstić information content (AvgIpc) is 2.26. The van der Waals surface area contributed by atoms with E-state index in [2.05, 4.69) is 0 Å². The standard InChI is InChI=1S/C14H23NO4/c1-13(2,3)19-12(17)15-6-4-5-14(9-15)7-11(16)8-18-10-14/h4-10H2,1-3H3. The smallest absolute Gasteiger partial charge is 0.410 e. The number of amides is 1. The average molecular weight is 269 g/mol. The van der Waals surface area contributed by atoms with Crippen LogP contribution in [0.25, 0.3) is 0 Å². The third-order valence-corrected chi connectivity index (χ3v) is 3.56. The van der Waals surface area contributed by atoms with Gasteiger partial charge in [-0.2, -0.15) is 0 Å². The zero-order valence-corrected chi connectivity index (χ0v) is 12.0. The third kappa shape index (κ3) is 3.69. The molecule has 2 fully saturated rings. The summed E-state index contributed by atoms with van der Waals surface area (Å²) in [5.74, 6) is 0.136. The zero-order valence-electron chi connectivity index (χ0n) is 12.0. The van der Waals surface area contributed by atoms with Crippen molar-refractivity contribution in [3.8, 4) is 0 Å². The second-order valence-electron chi connectivity index (χ2n) is 6.71. The Bertz CT molecular complexity index is 370. The molecule has 5 heteroatoms. The summed E-state index contributed by atoms with van der Waals surface area (Å²) in [4.78, 5) is 25.4. The van der Waals surface area contributed by atoms with Crippen molar-refractivity contribution in [1.82, 2.24) is 4.90 Å². The van der Waals surface area contributed by atoms with E-state index < -0.39 is 5.60 Å². The lowest BCUT2D eigenvalue weighted by atomic mass is 9.75. The van der Waals surface area contributed by atoms with Gasteiger partial charge in [0.2, 0.25) is 0 Å². The molecule has 2 saturated heterocycles. The Morgan fingerprint density at radius 2 is 2.16 bits per heavy atom. The van der Waals surface area contributed by atoms with Crippen LogP contribution in [-0.4, -0.2) is 48.7 Å². The molecule has 0 aromatic rings. The van der Waals surface area contributed by atoms with Crippen molar-refractivity contribution < 1.29 is 19.1 Å². The van der Waals surface area contributed by atoms with Crippen LogP contribution in [0.2, 0.25) is 0 Å². The SMILES string of the molecule is CC(C)(C)OC(=O)N1CCCC2(COCC(=O)C2)C1. The van der Waals surface area contributed by atoms with Crippen molar-refractivity contribution in [3.05, 3.63) is 0 Å². The van der Waals surface area contributed by atoms with E-state index in [4.69, 9.17) is 9.47 Å². The zero-order chi connectivity index (χ0) is 14.1. The molecule has 0 bridgehead atoms. The van der Waals surface area contributed by atoms with Gasteiger partial charge in [0.1, 0.15) is 12.2 Å². The van der Waals surface area contributed by atoms with Gasteiger partial charge in [0, 0.05) is 24.9 Å². The molecule has 5 nitrogen and oxygen atoms in total. The van der Waals surface area contributed by atoms with E-state index >= 15 is 0 Å². The van der Waals surface area contributed by atoms with Crippen LogP contribution in [0.1, 0.15) is 40.0 Å². The molecule has 1 amide bonds. The van der Waals surface area contributed by atoms with Gasteiger partial charge in [-0.15, -0.1) is 0 Å². The van der Waals surface area contributed by atoms with Gasteiger partial charge < -0.3 is 14.4 Å². The van der Waals surface area contributed by atoms with Gasteiger partial charge in [-0.1, -0.05) is 0 Å². The molecule has 2 rings (SSSR count). The third-order valence-electron chi connectivity index (χ3n) is 3.56. The maximum absolute atomic E-state index is 12.1. The Morgan fingerprint density at radius 3 is 2.79 bits per heavy atom. The number of Topliss-reactive ketones (excluding diaryl/α,β-unsaturated/α-hetero) is 1. The molecule has 1 unspecified atom stereocenters. The largest absolute Gasteiger partial charge is 0.444 e. The number of ether oxygens (including phenoxy) is 2. The molecule has 0 aromatic carbocycles. The second kappa shape index (κ2) is 5.12. The first-order chi connectivity index (χ1) is 8.80. The van der Waals surface area contributed by atoms with Crippen molar-refractivity contribution in [3.63, 3.8) is 0 Å². The van der Waals surface area contributed by atoms with Crippen LogP contribution >= 0.6 is 0 Å². The molecule has 19 heavy (non-hydrogen) atoms. The van der Waals surface area contributed by atoms with Crippen LogP contribution < -0.4 is 0 Å². The van der Waals surface area contributed by atoms with E-state index in [0.29, 0.717) is 26.1 Å². The fourth-order valence-corrected chi connectivity index (χ4v) is 2.85. The second-order valence-corrected chi connectivity index (χ2v) is 6.71. The lowest BCUT2D eigenvalue weighted by Gasteiger charge is -2.44. The normalized spacial score (nSPS) is 28.6. The topological polar surface area (TPSA) is 55.8 Å². The molecule has 0 radical (unpaired) electrons. The first-order valence-corrected chi connectivity index (χ1v) is 6.87. The van der Waals surface area contributed by atoms with Gasteiger partial charge >= 0.3 is 6.09 Å². The van der Waals surface area contributed by atoms with Gasteiger partial charge in [-0.25, -0.2) is 4.79 Å². The number of carbonyl (C=O) groups is 2. The van der Waals surface area contributed by atoms with Gasteiger partial charge in [0.05, 0.1) is 6.61 Å². The molecule has 108 valence electrons. The monoisotopic (exact) mass is 269 g/mol. The molecule has 0 aliphatic carbocycles. The maximum Gasteiger partial charge on any atom is 0.410 e. The number of carbonyl (C=O) groups excluding carboxylic acids is 2. The fourth-order valence-electron chi connectivity index (χ4n) is 2.85. The Balaban J connectivity index is 2.00. The number of nitrogens with zero attached hydrogens (tertiary/aromatic N) is 1. The van der Waals surface area contributed by atoms with Gasteiger partial charge in [0.15, 0.2) is 5.78 Å². The number of rotatable bonds is 0. The van der Waals surface area contributed by atoms with Crippen LogP contribution in [0.4, 0.5) is 4.79 Å². The number of piperidine rings is 1. The minimum Gasteiger partial charge on any atom is -0.444 e. The summed E-state index contributed by atoms with van der Waals surface area (Å²) < 4.78 is 10.8. The first kappa shape index (κ1) is 14.3. The summed E-state index contributed by atoms with van der Waals surface area (Å²) in [5, 5.41) is 0. The number of ketones is 1. The summed E-state index contributed by atoms with van der Waals surface area (Å²) in [7, 11) is 0. The van der Waals surface area contributed by atoms with Crippen LogP contribution in [0.5, 0.6) is 0 Å². The number of hydrogen-bond acceptors (Lipinski definition) is 4. The molecular formula is C14H23NO4. The molecule has 2 aliphatic heterocycles. The van der Waals surface area contributed by atoms with E-state index in [9.17, 15) is 9.59 Å². The van der Waals surface area contributed by atoms with Crippen molar-refractivity contribution in [2.24, 2.45) is 5.41 Å². The van der Waals surface area contributed by atoms with Crippen molar-refractivity contribution >= 4 is 11.9 Å². The lowest BCUT2D eigenvalue weighted by Crippen LogP contribution is -2.52. The highest BCUT2D eigenvalue weighted by Crippen LogP contribution is 2.36. The highest BCUT2D eigenvalue weighted by Gasteiger charge is 2.42. The van der Waals surface area contributed by atoms with Crippen molar-refractivity contribution in [1.29, 1.82) is 0 Å². The first-order valence-electron chi connectivity index (χ1n) is 6.87. The predicted molar refractivity (Wildman–Crippen MR) is 69.9 cm³/mol. The molecule has 0 saturated carbocycles. The van der Waals surface area contributed by atoms with Gasteiger partial charge in [-0.05, 0) is 33.6 Å². The van der Waals surface area contributed by atoms with Crippen LogP contribution in [0, 0.1) is 5.41 Å². The number of likely N-dealkylation sites (tertiary alicyclic amines) is 1. The molecule has 2 aliphatic rings. The van der Waals surface area contributed by atoms with Crippen LogP contribution in [-0.2, 0) is 14.3 Å². The quantitative estimate of drug-likeness (QED) is 0.675. The Kier molecular flexibility index (Phi) is 3.85. The van der Waals surface area contributed by atoms with E-state index in [1.807, 2.05) is 20.8 Å². The molecule has 0 aromatic heterocycles. The van der Waals surface area contributed by atoms with Crippen LogP contribution in [0.15, 0.2) is 0 Å². The Hall–Kier alpha value is -1.10. The van der Waals surface area contributed by atoms with E-state index in [-0.39, 0.29) is 23.9 Å². The number of hydrogen-bond donors (Lipinski definition) is 0. The minimum atomic E-state index is -0.486. The van der Waals surface area contributed by atoms with Crippen molar-refractivity contribution in [2.75, 3.05) is 26.3 Å². The predicted octanol–water partition coefficient (Wildman–Crippen LogP) is 1.99. The highest BCUT2D eigenvalue weighted by atomic mass is 16.6. The molecular weight excluding hydrogens is 246 g/mol. The highest BCUT2D eigenvalue weighted by molar-refractivity contribution is 5.81. The molecule has 2 heterocycles. The maximum atomic E-state index is 12.1. The van der Waals surface area contributed by atoms with E-state index in [1.54, 1.807) is 4.90 Å². The molecule has 1 spiro atoms. The lowest BCUT2D eigenvalue weighted by molar-refractivity contribution is -0.138. The summed E-state index contributed by atoms with van der Waals surface area (Å²) in [6.45, 7) is 7.62. The Labute approximate surface area is 114 Å². The fraction of sp³-hybridized carbons (Fsp3) is 0.857. The van der Waals surface area contributed by atoms with Gasteiger partial charge in [-0.3, -0.25) is 4.79 Å². The summed E-state index contributed by atoms with van der Waals surface area (Å²) in [6.07, 6.45) is 2.07. The molecule has 0 N–H and O–H groups in total. The molecule has 1 atom stereocenters. The van der Waals surface area contributed by atoms with Crippen molar-refractivity contribution in [2.45, 2.75) is 45.6 Å². The van der Waals surface area contributed by atoms with Crippen LogP contribution in [0.3, 0.4) is 0 Å². The Morgan fingerprint density at radius 1 is 1.42 bits per heavy atom. The van der Waals surface area contributed by atoms with Gasteiger partial charge in [0.25, 0.3) is 0 Å².